The van der Waals surface area contributed by atoms with Gasteiger partial charge in [-0.05, 0) is 40.0 Å². The number of carbonyl (C=O) groups excluding carboxylic acids is 1. The maximum absolute atomic E-state index is 13.6. The number of ether oxygens (including phenoxy) is 3. The van der Waals surface area contributed by atoms with Gasteiger partial charge in [-0.15, -0.1) is 0 Å². The molecule has 0 spiro atoms. The minimum Gasteiger partial charge on any atom is -0.493 e. The van der Waals surface area contributed by atoms with Crippen molar-refractivity contribution in [3.05, 3.63) is 47.0 Å². The number of alkyl halides is 6. The molecule has 4 nitrogen and oxygen atoms in total. The Morgan fingerprint density at radius 2 is 1.19 bits per heavy atom. The van der Waals surface area contributed by atoms with Crippen LogP contribution >= 0.6 is 8.58 Å². The van der Waals surface area contributed by atoms with Crippen LogP contribution in [-0.2, 0) is 12.4 Å². The molecular formula is C24H27F6LiO4P. The summed E-state index contributed by atoms with van der Waals surface area (Å²) in [5.74, 6) is 0.601. The molecule has 0 aliphatic rings. The molecule has 0 bridgehead atoms. The minimum atomic E-state index is -5.16. The molecule has 0 aliphatic carbocycles. The summed E-state index contributed by atoms with van der Waals surface area (Å²) in [5, 5.41) is 0.0888. The van der Waals surface area contributed by atoms with Crippen LogP contribution in [0, 0.1) is 0 Å². The standard InChI is InChI=1S/C24H27F6O4P.Li/c1-4-10-32-15-13-18(33-11-5-2)21(19(14-15)34-12-6-3)35-22(31)20-16(23(25,26)27)8-7-9-17(20)24(28,29)30;/h7-9,13-14,35H,4-6,10-12H2,1-3H3;. The molecule has 0 N–H and O–H groups in total. The number of carbonyl (C=O) groups is 1. The van der Waals surface area contributed by atoms with Gasteiger partial charge >= 0.3 is 12.4 Å². The number of hydrogen-bond donors (Lipinski definition) is 0. The van der Waals surface area contributed by atoms with E-state index >= 15 is 0 Å². The number of halogens is 6. The van der Waals surface area contributed by atoms with E-state index in [1.807, 2.05) is 20.8 Å². The molecule has 36 heavy (non-hydrogen) atoms. The Morgan fingerprint density at radius 3 is 1.58 bits per heavy atom. The number of benzene rings is 2. The van der Waals surface area contributed by atoms with Crippen molar-refractivity contribution in [1.82, 2.24) is 0 Å². The summed E-state index contributed by atoms with van der Waals surface area (Å²) in [4.78, 5) is 13.1. The van der Waals surface area contributed by atoms with Crippen LogP contribution < -0.4 is 19.5 Å². The molecule has 0 fully saturated rings. The van der Waals surface area contributed by atoms with Crippen molar-refractivity contribution < 1.29 is 45.3 Å². The van der Waals surface area contributed by atoms with Crippen molar-refractivity contribution in [3.8, 4) is 17.2 Å². The van der Waals surface area contributed by atoms with Gasteiger partial charge in [-0.1, -0.05) is 26.8 Å². The van der Waals surface area contributed by atoms with Gasteiger partial charge in [0.15, 0.2) is 5.52 Å². The van der Waals surface area contributed by atoms with E-state index in [0.29, 0.717) is 49.8 Å². The van der Waals surface area contributed by atoms with Crippen molar-refractivity contribution in [2.75, 3.05) is 19.8 Å². The third-order valence-corrected chi connectivity index (χ3v) is 5.80. The Hall–Kier alpha value is -1.88. The topological polar surface area (TPSA) is 44.8 Å². The molecular weight excluding hydrogens is 504 g/mol. The smallest absolute Gasteiger partial charge is 0.417 e. The van der Waals surface area contributed by atoms with Crippen LogP contribution in [-0.4, -0.2) is 44.2 Å². The van der Waals surface area contributed by atoms with E-state index in [4.69, 9.17) is 14.2 Å². The molecule has 0 amide bonds. The molecule has 1 radical (unpaired) electrons. The van der Waals surface area contributed by atoms with Crippen LogP contribution in [0.5, 0.6) is 17.2 Å². The van der Waals surface area contributed by atoms with Gasteiger partial charge in [-0.2, -0.15) is 26.3 Å². The SMILES string of the molecule is CCCOc1cc(OCCC)c(PC(=O)c2c(C(F)(F)F)cccc2C(F)(F)F)c(OCCC)c1.[Li]. The predicted molar refractivity (Wildman–Crippen MR) is 128 cm³/mol. The number of hydrogen-bond acceptors (Lipinski definition) is 4. The van der Waals surface area contributed by atoms with Crippen molar-refractivity contribution in [2.24, 2.45) is 0 Å². The Balaban J connectivity index is 0.00000648. The monoisotopic (exact) mass is 531 g/mol. The summed E-state index contributed by atoms with van der Waals surface area (Å²) in [6, 6.07) is 4.52. The normalized spacial score (nSPS) is 11.9. The first kappa shape index (κ1) is 32.1. The van der Waals surface area contributed by atoms with Gasteiger partial charge in [0.05, 0.1) is 36.3 Å². The molecule has 0 heterocycles. The van der Waals surface area contributed by atoms with E-state index in [2.05, 4.69) is 0 Å². The molecule has 0 saturated carbocycles. The Bertz CT molecular complexity index is 950. The van der Waals surface area contributed by atoms with Crippen LogP contribution in [0.3, 0.4) is 0 Å². The Labute approximate surface area is 220 Å². The van der Waals surface area contributed by atoms with E-state index < -0.39 is 43.1 Å². The first-order chi connectivity index (χ1) is 16.4. The zero-order valence-corrected chi connectivity index (χ0v) is 21.5. The van der Waals surface area contributed by atoms with Gasteiger partial charge in [0.2, 0.25) is 0 Å². The van der Waals surface area contributed by atoms with Crippen LogP contribution in [0.2, 0.25) is 0 Å². The average molecular weight is 531 g/mol. The summed E-state index contributed by atoms with van der Waals surface area (Å²) in [6.07, 6.45) is -8.45. The van der Waals surface area contributed by atoms with Gasteiger partial charge in [0, 0.05) is 36.6 Å². The molecule has 1 atom stereocenters. The summed E-state index contributed by atoms with van der Waals surface area (Å²) in [6.45, 7) is 6.34. The van der Waals surface area contributed by atoms with E-state index in [9.17, 15) is 31.1 Å². The number of rotatable bonds is 12. The van der Waals surface area contributed by atoms with Gasteiger partial charge in [-0.3, -0.25) is 4.79 Å². The van der Waals surface area contributed by atoms with Crippen LogP contribution in [0.4, 0.5) is 26.3 Å². The van der Waals surface area contributed by atoms with Crippen molar-refractivity contribution in [3.63, 3.8) is 0 Å². The molecule has 2 aromatic carbocycles. The zero-order valence-electron chi connectivity index (χ0n) is 20.5. The maximum atomic E-state index is 13.6. The molecule has 12 heteroatoms. The Morgan fingerprint density at radius 1 is 0.778 bits per heavy atom. The second-order valence-corrected chi connectivity index (χ2v) is 8.72. The maximum Gasteiger partial charge on any atom is 0.417 e. The third-order valence-electron chi connectivity index (χ3n) is 4.58. The van der Waals surface area contributed by atoms with Crippen LogP contribution in [0.25, 0.3) is 0 Å². The predicted octanol–water partition coefficient (Wildman–Crippen LogP) is 6.85. The van der Waals surface area contributed by atoms with E-state index in [1.54, 1.807) is 0 Å². The summed E-state index contributed by atoms with van der Waals surface area (Å²) >= 11 is 0. The van der Waals surface area contributed by atoms with Gasteiger partial charge in [0.1, 0.15) is 17.2 Å². The van der Waals surface area contributed by atoms with Crippen LogP contribution in [0.1, 0.15) is 61.5 Å². The third kappa shape index (κ3) is 8.60. The molecule has 0 aliphatic heterocycles. The Kier molecular flexibility index (Phi) is 12.6. The fraction of sp³-hybridized carbons (Fsp3) is 0.458. The van der Waals surface area contributed by atoms with Gasteiger partial charge < -0.3 is 14.2 Å². The molecule has 0 aromatic heterocycles. The summed E-state index contributed by atoms with van der Waals surface area (Å²) in [5.41, 5.74) is -6.02. The van der Waals surface area contributed by atoms with Gasteiger partial charge in [0.25, 0.3) is 0 Å². The second kappa shape index (κ2) is 14.2. The van der Waals surface area contributed by atoms with E-state index in [-0.39, 0.29) is 48.9 Å². The molecule has 195 valence electrons. The quantitative estimate of drug-likeness (QED) is 0.171. The van der Waals surface area contributed by atoms with Crippen molar-refractivity contribution in [1.29, 1.82) is 0 Å². The average Bonchev–Trinajstić information content (AvgIpc) is 2.79. The second-order valence-electron chi connectivity index (χ2n) is 7.52. The summed E-state index contributed by atoms with van der Waals surface area (Å²) < 4.78 is 98.6. The zero-order chi connectivity index (χ0) is 26.2. The fourth-order valence-electron chi connectivity index (χ4n) is 3.09. The van der Waals surface area contributed by atoms with Crippen molar-refractivity contribution >= 4 is 38.3 Å². The molecule has 1 unspecified atom stereocenters. The summed E-state index contributed by atoms with van der Waals surface area (Å²) in [7, 11) is -1.12. The first-order valence-electron chi connectivity index (χ1n) is 11.1. The van der Waals surface area contributed by atoms with E-state index in [1.165, 1.54) is 12.1 Å². The molecule has 2 aromatic rings. The molecule has 0 saturated heterocycles. The minimum absolute atomic E-state index is 0. The molecule has 2 rings (SSSR count). The van der Waals surface area contributed by atoms with Gasteiger partial charge in [-0.25, -0.2) is 0 Å². The largest absolute Gasteiger partial charge is 0.493 e. The van der Waals surface area contributed by atoms with Crippen molar-refractivity contribution in [2.45, 2.75) is 52.4 Å². The fourth-order valence-corrected chi connectivity index (χ4v) is 4.25. The first-order valence-corrected chi connectivity index (χ1v) is 12.1. The van der Waals surface area contributed by atoms with Crippen LogP contribution in [0.15, 0.2) is 30.3 Å². The van der Waals surface area contributed by atoms with E-state index in [0.717, 1.165) is 0 Å².